The molecule has 0 radical (unpaired) electrons. The Bertz CT molecular complexity index is 876. The van der Waals surface area contributed by atoms with Crippen molar-refractivity contribution in [1.29, 1.82) is 0 Å². The number of amides is 1. The van der Waals surface area contributed by atoms with Crippen molar-refractivity contribution in [3.63, 3.8) is 0 Å². The summed E-state index contributed by atoms with van der Waals surface area (Å²) in [4.78, 5) is 12.3. The summed E-state index contributed by atoms with van der Waals surface area (Å²) < 4.78 is 31.9. The summed E-state index contributed by atoms with van der Waals surface area (Å²) in [6.07, 6.45) is 0.670. The van der Waals surface area contributed by atoms with Crippen LogP contribution in [0, 0.1) is 12.8 Å². The Kier molecular flexibility index (Phi) is 4.32. The first-order chi connectivity index (χ1) is 11.4. The molecule has 0 heterocycles. The lowest BCUT2D eigenvalue weighted by Crippen LogP contribution is -2.32. The van der Waals surface area contributed by atoms with Gasteiger partial charge in [0.25, 0.3) is 10.0 Å². The largest absolute Gasteiger partial charge is 0.497 e. The van der Waals surface area contributed by atoms with Gasteiger partial charge in [0.15, 0.2) is 0 Å². The fourth-order valence-electron chi connectivity index (χ4n) is 2.79. The number of carbonyl (C=O) groups excluding carboxylic acids is 1. The molecule has 1 saturated carbocycles. The van der Waals surface area contributed by atoms with Gasteiger partial charge in [-0.1, -0.05) is 35.9 Å². The van der Waals surface area contributed by atoms with Gasteiger partial charge in [-0.25, -0.2) is 13.1 Å². The Morgan fingerprint density at radius 1 is 1.17 bits per heavy atom. The van der Waals surface area contributed by atoms with E-state index in [1.54, 1.807) is 12.1 Å². The highest BCUT2D eigenvalue weighted by Crippen LogP contribution is 2.47. The molecule has 2 aromatic rings. The summed E-state index contributed by atoms with van der Waals surface area (Å²) in [6, 6.07) is 14.0. The van der Waals surface area contributed by atoms with Crippen LogP contribution in [0.5, 0.6) is 5.75 Å². The normalized spacial score (nSPS) is 19.6. The van der Waals surface area contributed by atoms with Gasteiger partial charge in [0.05, 0.1) is 12.0 Å². The van der Waals surface area contributed by atoms with Crippen LogP contribution >= 0.6 is 0 Å². The summed E-state index contributed by atoms with van der Waals surface area (Å²) in [6.45, 7) is 1.99. The van der Waals surface area contributed by atoms with E-state index in [9.17, 15) is 13.2 Å². The highest BCUT2D eigenvalue weighted by molar-refractivity contribution is 7.90. The van der Waals surface area contributed by atoms with Crippen LogP contribution in [0.1, 0.15) is 23.5 Å². The van der Waals surface area contributed by atoms with Crippen molar-refractivity contribution >= 4 is 15.9 Å². The lowest BCUT2D eigenvalue weighted by molar-refractivity contribution is -0.120. The van der Waals surface area contributed by atoms with Crippen LogP contribution in [0.3, 0.4) is 0 Å². The van der Waals surface area contributed by atoms with Crippen LogP contribution in [0.15, 0.2) is 53.4 Å². The van der Waals surface area contributed by atoms with E-state index in [-0.39, 0.29) is 16.7 Å². The van der Waals surface area contributed by atoms with Crippen LogP contribution in [-0.2, 0) is 14.8 Å². The summed E-state index contributed by atoms with van der Waals surface area (Å²) in [5, 5.41) is 0. The third-order valence-electron chi connectivity index (χ3n) is 4.18. The van der Waals surface area contributed by atoms with Crippen LogP contribution in [-0.4, -0.2) is 21.4 Å². The highest BCUT2D eigenvalue weighted by atomic mass is 32.2. The average Bonchev–Trinajstić information content (AvgIpc) is 3.35. The summed E-state index contributed by atoms with van der Waals surface area (Å²) in [7, 11) is -2.43. The number of nitrogens with one attached hydrogen (secondary N) is 1. The van der Waals surface area contributed by atoms with E-state index in [1.165, 1.54) is 19.2 Å². The van der Waals surface area contributed by atoms with E-state index in [0.717, 1.165) is 11.1 Å². The minimum atomic E-state index is -3.89. The van der Waals surface area contributed by atoms with Gasteiger partial charge in [0.1, 0.15) is 5.75 Å². The second-order valence-corrected chi connectivity index (χ2v) is 7.69. The Hall–Kier alpha value is -2.34. The van der Waals surface area contributed by atoms with Gasteiger partial charge in [-0.15, -0.1) is 0 Å². The standard InChI is InChI=1S/C18H19NO4S/c1-12-5-3-6-13(9-12)16-11-17(16)18(20)19-24(21,22)15-8-4-7-14(10-15)23-2/h3-10,16-17H,11H2,1-2H3,(H,19,20). The number of methoxy groups -OCH3 is 1. The maximum atomic E-state index is 12.4. The van der Waals surface area contributed by atoms with E-state index < -0.39 is 15.9 Å². The molecule has 2 unspecified atom stereocenters. The van der Waals surface area contributed by atoms with Gasteiger partial charge in [-0.2, -0.15) is 0 Å². The fourth-order valence-corrected chi connectivity index (χ4v) is 3.85. The fraction of sp³-hybridized carbons (Fsp3) is 0.278. The molecule has 1 fully saturated rings. The van der Waals surface area contributed by atoms with Gasteiger partial charge in [-0.3, -0.25) is 4.79 Å². The zero-order chi connectivity index (χ0) is 17.3. The molecule has 0 aliphatic heterocycles. The molecule has 1 aliphatic rings. The Labute approximate surface area is 141 Å². The van der Waals surface area contributed by atoms with Crippen molar-refractivity contribution in [3.05, 3.63) is 59.7 Å². The highest BCUT2D eigenvalue weighted by Gasteiger charge is 2.45. The van der Waals surface area contributed by atoms with E-state index in [2.05, 4.69) is 4.72 Å². The van der Waals surface area contributed by atoms with Crippen molar-refractivity contribution in [2.45, 2.75) is 24.2 Å². The van der Waals surface area contributed by atoms with Gasteiger partial charge in [0, 0.05) is 12.0 Å². The van der Waals surface area contributed by atoms with Crippen molar-refractivity contribution in [2.24, 2.45) is 5.92 Å². The third kappa shape index (κ3) is 3.43. The Balaban J connectivity index is 1.71. The monoisotopic (exact) mass is 345 g/mol. The molecule has 126 valence electrons. The molecule has 0 saturated heterocycles. The molecule has 3 rings (SSSR count). The van der Waals surface area contributed by atoms with E-state index in [0.29, 0.717) is 12.2 Å². The second-order valence-electron chi connectivity index (χ2n) is 6.01. The smallest absolute Gasteiger partial charge is 0.264 e. The van der Waals surface area contributed by atoms with Crippen LogP contribution < -0.4 is 9.46 Å². The molecule has 1 aliphatic carbocycles. The van der Waals surface area contributed by atoms with Gasteiger partial charge in [-0.05, 0) is 37.0 Å². The number of sulfonamides is 1. The maximum absolute atomic E-state index is 12.4. The molecule has 6 heteroatoms. The van der Waals surface area contributed by atoms with E-state index in [4.69, 9.17) is 4.74 Å². The average molecular weight is 345 g/mol. The molecule has 0 spiro atoms. The van der Waals surface area contributed by atoms with Crippen LogP contribution in [0.2, 0.25) is 0 Å². The van der Waals surface area contributed by atoms with Gasteiger partial charge >= 0.3 is 0 Å². The molecular weight excluding hydrogens is 326 g/mol. The van der Waals surface area contributed by atoms with Crippen molar-refractivity contribution in [3.8, 4) is 5.75 Å². The molecule has 2 atom stereocenters. The first kappa shape index (κ1) is 16.5. The van der Waals surface area contributed by atoms with Crippen LogP contribution in [0.4, 0.5) is 0 Å². The molecule has 0 aromatic heterocycles. The lowest BCUT2D eigenvalue weighted by atomic mass is 10.1. The maximum Gasteiger partial charge on any atom is 0.264 e. The Morgan fingerprint density at radius 3 is 2.62 bits per heavy atom. The summed E-state index contributed by atoms with van der Waals surface area (Å²) in [5.74, 6) is -0.240. The molecule has 1 N–H and O–H groups in total. The molecular formula is C18H19NO4S. The van der Waals surface area contributed by atoms with Crippen molar-refractivity contribution in [2.75, 3.05) is 7.11 Å². The van der Waals surface area contributed by atoms with Crippen molar-refractivity contribution < 1.29 is 17.9 Å². The van der Waals surface area contributed by atoms with Gasteiger partial charge < -0.3 is 4.74 Å². The van der Waals surface area contributed by atoms with Crippen molar-refractivity contribution in [1.82, 2.24) is 4.72 Å². The quantitative estimate of drug-likeness (QED) is 0.904. The third-order valence-corrected chi connectivity index (χ3v) is 5.53. The molecule has 2 aromatic carbocycles. The van der Waals surface area contributed by atoms with E-state index >= 15 is 0 Å². The number of aryl methyl sites for hydroxylation is 1. The molecule has 5 nitrogen and oxygen atoms in total. The number of ether oxygens (including phenoxy) is 1. The predicted octanol–water partition coefficient (Wildman–Crippen LogP) is 2.61. The first-order valence-electron chi connectivity index (χ1n) is 7.68. The summed E-state index contributed by atoms with van der Waals surface area (Å²) >= 11 is 0. The zero-order valence-corrected chi connectivity index (χ0v) is 14.3. The minimum Gasteiger partial charge on any atom is -0.497 e. The number of hydrogen-bond acceptors (Lipinski definition) is 4. The number of carbonyl (C=O) groups is 1. The minimum absolute atomic E-state index is 0.0166. The van der Waals surface area contributed by atoms with E-state index in [1.807, 2.05) is 31.2 Å². The zero-order valence-electron chi connectivity index (χ0n) is 13.5. The topological polar surface area (TPSA) is 72.5 Å². The number of hydrogen-bond donors (Lipinski definition) is 1. The number of rotatable bonds is 5. The van der Waals surface area contributed by atoms with Gasteiger partial charge in [0.2, 0.25) is 5.91 Å². The van der Waals surface area contributed by atoms with Crippen LogP contribution in [0.25, 0.3) is 0 Å². The second kappa shape index (κ2) is 6.28. The molecule has 1 amide bonds. The lowest BCUT2D eigenvalue weighted by Gasteiger charge is -2.08. The number of benzene rings is 2. The predicted molar refractivity (Wildman–Crippen MR) is 90.3 cm³/mol. The molecule has 24 heavy (non-hydrogen) atoms. The Morgan fingerprint density at radius 2 is 1.92 bits per heavy atom. The molecule has 0 bridgehead atoms. The first-order valence-corrected chi connectivity index (χ1v) is 9.16. The SMILES string of the molecule is COc1cccc(S(=O)(=O)NC(=O)C2CC2c2cccc(C)c2)c1. The summed E-state index contributed by atoms with van der Waals surface area (Å²) in [5.41, 5.74) is 2.21.